The van der Waals surface area contributed by atoms with Crippen molar-refractivity contribution in [3.8, 4) is 0 Å². The molecule has 8 heteroatoms. The molecule has 0 fully saturated rings. The molecule has 0 saturated heterocycles. The van der Waals surface area contributed by atoms with Crippen molar-refractivity contribution < 1.29 is 28.7 Å². The number of carbonyl (C=O) groups is 4. The van der Waals surface area contributed by atoms with Crippen molar-refractivity contribution in [3.63, 3.8) is 0 Å². The number of nitrogens with two attached hydrogens (primary N) is 1. The van der Waals surface area contributed by atoms with Crippen LogP contribution in [0.15, 0.2) is 30.3 Å². The maximum absolute atomic E-state index is 12.2. The summed E-state index contributed by atoms with van der Waals surface area (Å²) in [5, 5.41) is 2.44. The molecule has 0 saturated carbocycles. The van der Waals surface area contributed by atoms with Crippen LogP contribution in [-0.4, -0.2) is 44.0 Å². The van der Waals surface area contributed by atoms with Crippen LogP contribution in [0, 0.1) is 11.8 Å². The third kappa shape index (κ3) is 4.55. The van der Waals surface area contributed by atoms with E-state index in [0.717, 1.165) is 14.2 Å². The molecule has 1 aromatic rings. The van der Waals surface area contributed by atoms with Gasteiger partial charge >= 0.3 is 11.9 Å². The van der Waals surface area contributed by atoms with E-state index < -0.39 is 41.6 Å². The Balaban J connectivity index is 3.04. The fourth-order valence-electron chi connectivity index (χ4n) is 2.25. The molecule has 0 heterocycles. The Bertz CT molecular complexity index is 600. The summed E-state index contributed by atoms with van der Waals surface area (Å²) in [5.74, 6) is -5.56. The first-order valence-corrected chi connectivity index (χ1v) is 7.14. The van der Waals surface area contributed by atoms with Gasteiger partial charge in [-0.25, -0.2) is 0 Å². The molecule has 0 aliphatic rings. The second-order valence-corrected chi connectivity index (χ2v) is 5.10. The zero-order valence-electron chi connectivity index (χ0n) is 13.6. The maximum Gasteiger partial charge on any atom is 0.320 e. The predicted molar refractivity (Wildman–Crippen MR) is 83.6 cm³/mol. The van der Waals surface area contributed by atoms with E-state index in [-0.39, 0.29) is 0 Å². The highest BCUT2D eigenvalue weighted by atomic mass is 16.5. The normalized spacial score (nSPS) is 12.8. The number of nitrogens with one attached hydrogen (secondary N) is 1. The van der Waals surface area contributed by atoms with Gasteiger partial charge in [-0.1, -0.05) is 25.1 Å². The second-order valence-electron chi connectivity index (χ2n) is 5.10. The number of carbonyl (C=O) groups excluding carboxylic acids is 4. The van der Waals surface area contributed by atoms with Crippen molar-refractivity contribution in [1.82, 2.24) is 5.32 Å². The van der Waals surface area contributed by atoms with Gasteiger partial charge in [-0.15, -0.1) is 0 Å². The first-order valence-electron chi connectivity index (χ1n) is 7.14. The van der Waals surface area contributed by atoms with Gasteiger partial charge in [0, 0.05) is 11.5 Å². The highest BCUT2D eigenvalue weighted by Gasteiger charge is 2.41. The van der Waals surface area contributed by atoms with Gasteiger partial charge in [0.1, 0.15) is 6.04 Å². The quantitative estimate of drug-likeness (QED) is 0.528. The van der Waals surface area contributed by atoms with Gasteiger partial charge in [-0.05, 0) is 12.1 Å². The number of hydrogen-bond donors (Lipinski definition) is 2. The smallest absolute Gasteiger partial charge is 0.320 e. The average Bonchev–Trinajstić information content (AvgIpc) is 2.59. The molecule has 3 N–H and O–H groups in total. The number of hydrogen-bond acceptors (Lipinski definition) is 6. The summed E-state index contributed by atoms with van der Waals surface area (Å²) >= 11 is 0. The van der Waals surface area contributed by atoms with Crippen LogP contribution in [0.5, 0.6) is 0 Å². The van der Waals surface area contributed by atoms with Crippen LogP contribution in [0.2, 0.25) is 0 Å². The van der Waals surface area contributed by atoms with Gasteiger partial charge < -0.3 is 20.5 Å². The number of benzene rings is 1. The minimum atomic E-state index is -1.39. The molecule has 0 unspecified atom stereocenters. The molecule has 2 amide bonds. The third-order valence-electron chi connectivity index (χ3n) is 3.59. The Labute approximate surface area is 139 Å². The SMILES string of the molecule is COC(=O)C(C(=O)OC)[C@@H](C)[C@@H](NC(=O)c1ccccc1)C(N)=O. The first kappa shape index (κ1) is 19.1. The molecule has 8 nitrogen and oxygen atoms in total. The van der Waals surface area contributed by atoms with E-state index in [0.29, 0.717) is 5.56 Å². The van der Waals surface area contributed by atoms with Crippen molar-refractivity contribution in [1.29, 1.82) is 0 Å². The molecule has 0 aliphatic carbocycles. The van der Waals surface area contributed by atoms with Crippen LogP contribution < -0.4 is 11.1 Å². The minimum Gasteiger partial charge on any atom is -0.468 e. The summed E-state index contributed by atoms with van der Waals surface area (Å²) in [6, 6.07) is 6.88. The Hall–Kier alpha value is -2.90. The lowest BCUT2D eigenvalue weighted by molar-refractivity contribution is -0.161. The van der Waals surface area contributed by atoms with Crippen LogP contribution in [0.4, 0.5) is 0 Å². The Morgan fingerprint density at radius 2 is 1.50 bits per heavy atom. The van der Waals surface area contributed by atoms with Crippen LogP contribution in [0.3, 0.4) is 0 Å². The monoisotopic (exact) mass is 336 g/mol. The topological polar surface area (TPSA) is 125 Å². The number of amides is 2. The lowest BCUT2D eigenvalue weighted by Gasteiger charge is -2.26. The van der Waals surface area contributed by atoms with Crippen LogP contribution in [-0.2, 0) is 23.9 Å². The molecule has 1 aromatic carbocycles. The minimum absolute atomic E-state index is 0.309. The maximum atomic E-state index is 12.2. The molecule has 0 spiro atoms. The molecular weight excluding hydrogens is 316 g/mol. The Kier molecular flexibility index (Phi) is 6.91. The van der Waals surface area contributed by atoms with Crippen LogP contribution in [0.25, 0.3) is 0 Å². The van der Waals surface area contributed by atoms with E-state index in [4.69, 9.17) is 5.73 Å². The summed E-state index contributed by atoms with van der Waals surface area (Å²) in [7, 11) is 2.21. The Morgan fingerprint density at radius 1 is 1.00 bits per heavy atom. The van der Waals surface area contributed by atoms with Crippen molar-refractivity contribution in [3.05, 3.63) is 35.9 Å². The van der Waals surface area contributed by atoms with E-state index >= 15 is 0 Å². The standard InChI is InChI=1S/C16H20N2O6/c1-9(11(15(21)23-2)16(22)24-3)12(13(17)19)18-14(20)10-7-5-4-6-8-10/h4-9,11-12H,1-3H3,(H2,17,19)(H,18,20)/t9-,12-/m1/s1. The molecule has 24 heavy (non-hydrogen) atoms. The number of rotatable bonds is 7. The fourth-order valence-corrected chi connectivity index (χ4v) is 2.25. The van der Waals surface area contributed by atoms with E-state index in [1.165, 1.54) is 6.92 Å². The molecule has 2 atom stereocenters. The average molecular weight is 336 g/mol. The van der Waals surface area contributed by atoms with Gasteiger partial charge in [0.15, 0.2) is 5.92 Å². The van der Waals surface area contributed by atoms with Crippen molar-refractivity contribution in [2.45, 2.75) is 13.0 Å². The molecule has 0 aliphatic heterocycles. The van der Waals surface area contributed by atoms with Gasteiger partial charge in [-0.3, -0.25) is 19.2 Å². The van der Waals surface area contributed by atoms with Gasteiger partial charge in [-0.2, -0.15) is 0 Å². The number of esters is 2. The largest absolute Gasteiger partial charge is 0.468 e. The molecule has 0 aromatic heterocycles. The summed E-state index contributed by atoms with van der Waals surface area (Å²) in [6.07, 6.45) is 0. The van der Waals surface area contributed by atoms with E-state index in [2.05, 4.69) is 14.8 Å². The molecule has 0 bridgehead atoms. The molecule has 1 rings (SSSR count). The van der Waals surface area contributed by atoms with Crippen LogP contribution >= 0.6 is 0 Å². The van der Waals surface area contributed by atoms with Crippen LogP contribution in [0.1, 0.15) is 17.3 Å². The van der Waals surface area contributed by atoms with E-state index in [9.17, 15) is 19.2 Å². The lowest BCUT2D eigenvalue weighted by Crippen LogP contribution is -2.52. The zero-order valence-corrected chi connectivity index (χ0v) is 13.6. The summed E-state index contributed by atoms with van der Waals surface area (Å²) in [6.45, 7) is 1.43. The predicted octanol–water partition coefficient (Wildman–Crippen LogP) is -0.131. The van der Waals surface area contributed by atoms with Crippen molar-refractivity contribution in [2.24, 2.45) is 17.6 Å². The first-order chi connectivity index (χ1) is 11.3. The van der Waals surface area contributed by atoms with E-state index in [1.807, 2.05) is 0 Å². The number of ether oxygens (including phenoxy) is 2. The Morgan fingerprint density at radius 3 is 1.92 bits per heavy atom. The molecule has 130 valence electrons. The lowest BCUT2D eigenvalue weighted by atomic mass is 9.86. The highest BCUT2D eigenvalue weighted by Crippen LogP contribution is 2.20. The number of primary amides is 1. The summed E-state index contributed by atoms with van der Waals surface area (Å²) < 4.78 is 9.14. The third-order valence-corrected chi connectivity index (χ3v) is 3.59. The highest BCUT2D eigenvalue weighted by molar-refractivity contribution is 5.99. The number of methoxy groups -OCH3 is 2. The van der Waals surface area contributed by atoms with Gasteiger partial charge in [0.05, 0.1) is 14.2 Å². The van der Waals surface area contributed by atoms with E-state index in [1.54, 1.807) is 30.3 Å². The fraction of sp³-hybridized carbons (Fsp3) is 0.375. The molecule has 0 radical (unpaired) electrons. The van der Waals surface area contributed by atoms with Gasteiger partial charge in [0.2, 0.25) is 5.91 Å². The summed E-state index contributed by atoms with van der Waals surface area (Å²) in [4.78, 5) is 47.6. The molecular formula is C16H20N2O6. The van der Waals surface area contributed by atoms with Crippen molar-refractivity contribution in [2.75, 3.05) is 14.2 Å². The summed E-state index contributed by atoms with van der Waals surface area (Å²) in [5.41, 5.74) is 5.64. The van der Waals surface area contributed by atoms with Gasteiger partial charge in [0.25, 0.3) is 5.91 Å². The zero-order chi connectivity index (χ0) is 18.3. The van der Waals surface area contributed by atoms with Crippen molar-refractivity contribution >= 4 is 23.8 Å². The second kappa shape index (κ2) is 8.66.